The normalized spacial score (nSPS) is 11.0. The van der Waals surface area contributed by atoms with E-state index in [2.05, 4.69) is 22.7 Å². The van der Waals surface area contributed by atoms with Crippen LogP contribution in [0.2, 0.25) is 10.0 Å². The molecular formula is C17H16Cl2N2O. The highest BCUT2D eigenvalue weighted by Crippen LogP contribution is 2.20. The fraction of sp³-hybridized carbons (Fsp3) is 0.176. The number of hydrazone groups is 1. The van der Waals surface area contributed by atoms with Gasteiger partial charge in [0.25, 0.3) is 5.91 Å². The number of amides is 1. The van der Waals surface area contributed by atoms with Crippen LogP contribution < -0.4 is 5.43 Å². The molecule has 3 nitrogen and oxygen atoms in total. The van der Waals surface area contributed by atoms with Gasteiger partial charge in [0.05, 0.1) is 16.8 Å². The Hall–Kier alpha value is -1.84. The van der Waals surface area contributed by atoms with Crippen molar-refractivity contribution < 1.29 is 4.79 Å². The van der Waals surface area contributed by atoms with Gasteiger partial charge in [-0.25, -0.2) is 5.43 Å². The summed E-state index contributed by atoms with van der Waals surface area (Å²) >= 11 is 11.8. The van der Waals surface area contributed by atoms with Crippen LogP contribution in [0.3, 0.4) is 0 Å². The van der Waals surface area contributed by atoms with Crippen LogP contribution in [0.1, 0.15) is 32.6 Å². The summed E-state index contributed by atoms with van der Waals surface area (Å²) in [6.07, 6.45) is 1.64. The average molecular weight is 335 g/mol. The summed E-state index contributed by atoms with van der Waals surface area (Å²) in [5.41, 5.74) is 7.23. The average Bonchev–Trinajstić information content (AvgIpc) is 2.41. The number of hydrogen-bond donors (Lipinski definition) is 1. The van der Waals surface area contributed by atoms with Gasteiger partial charge in [0.2, 0.25) is 0 Å². The van der Waals surface area contributed by atoms with E-state index in [1.54, 1.807) is 18.3 Å². The number of benzene rings is 2. The van der Waals surface area contributed by atoms with Crippen molar-refractivity contribution >= 4 is 35.3 Å². The third-order valence-corrected chi connectivity index (χ3v) is 3.82. The van der Waals surface area contributed by atoms with Crippen LogP contribution in [0.25, 0.3) is 0 Å². The number of nitrogens with one attached hydrogen (secondary N) is 1. The molecule has 0 aliphatic heterocycles. The highest BCUT2D eigenvalue weighted by Gasteiger charge is 2.09. The van der Waals surface area contributed by atoms with Crippen LogP contribution in [-0.2, 0) is 0 Å². The quantitative estimate of drug-likeness (QED) is 0.642. The van der Waals surface area contributed by atoms with E-state index in [1.807, 2.05) is 20.8 Å². The van der Waals surface area contributed by atoms with Crippen molar-refractivity contribution in [3.8, 4) is 0 Å². The zero-order valence-electron chi connectivity index (χ0n) is 12.6. The first-order valence-corrected chi connectivity index (χ1v) is 7.50. The van der Waals surface area contributed by atoms with Crippen LogP contribution in [0.4, 0.5) is 0 Å². The van der Waals surface area contributed by atoms with Gasteiger partial charge in [-0.3, -0.25) is 4.79 Å². The van der Waals surface area contributed by atoms with Crippen molar-refractivity contribution in [1.82, 2.24) is 5.43 Å². The molecule has 2 rings (SSSR count). The predicted molar refractivity (Wildman–Crippen MR) is 92.2 cm³/mol. The summed E-state index contributed by atoms with van der Waals surface area (Å²) < 4.78 is 0. The van der Waals surface area contributed by atoms with Gasteiger partial charge in [0.15, 0.2) is 0 Å². The fourth-order valence-electron chi connectivity index (χ4n) is 2.28. The summed E-state index contributed by atoms with van der Waals surface area (Å²) in [6.45, 7) is 6.07. The van der Waals surface area contributed by atoms with Crippen molar-refractivity contribution in [2.24, 2.45) is 5.10 Å². The van der Waals surface area contributed by atoms with E-state index >= 15 is 0 Å². The molecule has 0 radical (unpaired) electrons. The number of rotatable bonds is 3. The Morgan fingerprint density at radius 2 is 1.73 bits per heavy atom. The Bertz CT molecular complexity index is 731. The van der Waals surface area contributed by atoms with Crippen molar-refractivity contribution in [1.29, 1.82) is 0 Å². The first-order valence-electron chi connectivity index (χ1n) is 6.75. The van der Waals surface area contributed by atoms with Crippen LogP contribution in [0.5, 0.6) is 0 Å². The highest BCUT2D eigenvalue weighted by molar-refractivity contribution is 6.36. The van der Waals surface area contributed by atoms with E-state index in [0.29, 0.717) is 15.6 Å². The van der Waals surface area contributed by atoms with Crippen molar-refractivity contribution in [2.45, 2.75) is 20.8 Å². The highest BCUT2D eigenvalue weighted by atomic mass is 35.5. The zero-order valence-corrected chi connectivity index (χ0v) is 14.1. The lowest BCUT2D eigenvalue weighted by atomic mass is 10.0. The molecule has 1 amide bonds. The summed E-state index contributed by atoms with van der Waals surface area (Å²) in [4.78, 5) is 12.0. The lowest BCUT2D eigenvalue weighted by molar-refractivity contribution is 0.0955. The summed E-state index contributed by atoms with van der Waals surface area (Å²) in [7, 11) is 0. The third kappa shape index (κ3) is 3.87. The van der Waals surface area contributed by atoms with Gasteiger partial charge in [-0.15, -0.1) is 0 Å². The Kier molecular flexibility index (Phi) is 5.22. The predicted octanol–water partition coefficient (Wildman–Crippen LogP) is 4.68. The van der Waals surface area contributed by atoms with Gasteiger partial charge in [-0.05, 0) is 50.1 Å². The maximum atomic E-state index is 12.0. The minimum Gasteiger partial charge on any atom is -0.267 e. The molecule has 0 bridgehead atoms. The van der Waals surface area contributed by atoms with E-state index in [4.69, 9.17) is 23.2 Å². The van der Waals surface area contributed by atoms with Gasteiger partial charge in [-0.1, -0.05) is 40.9 Å². The largest absolute Gasteiger partial charge is 0.272 e. The first-order chi connectivity index (χ1) is 10.4. The number of carbonyl (C=O) groups excluding carboxylic acids is 1. The third-order valence-electron chi connectivity index (χ3n) is 3.27. The molecule has 0 heterocycles. The number of aryl methyl sites for hydroxylation is 3. The van der Waals surface area contributed by atoms with Crippen molar-refractivity contribution in [3.63, 3.8) is 0 Å². The molecule has 2 aromatic carbocycles. The van der Waals surface area contributed by atoms with Crippen molar-refractivity contribution in [2.75, 3.05) is 0 Å². The van der Waals surface area contributed by atoms with Crippen molar-refractivity contribution in [3.05, 3.63) is 68.2 Å². The standard InChI is InChI=1S/C17H16Cl2N2O/c1-10-6-11(2)15(12(3)7-10)9-20-21-17(22)14-5-4-13(18)8-16(14)19/h4-9H,1-3H3,(H,21,22)/b20-9-. The van der Waals surface area contributed by atoms with Gasteiger partial charge >= 0.3 is 0 Å². The second-order valence-corrected chi connectivity index (χ2v) is 5.98. The second kappa shape index (κ2) is 6.95. The maximum absolute atomic E-state index is 12.0. The van der Waals surface area contributed by atoms with Gasteiger partial charge < -0.3 is 0 Å². The smallest absolute Gasteiger partial charge is 0.267 e. The van der Waals surface area contributed by atoms with Gasteiger partial charge in [-0.2, -0.15) is 5.10 Å². The Morgan fingerprint density at radius 3 is 2.32 bits per heavy atom. The molecule has 0 aliphatic carbocycles. The summed E-state index contributed by atoms with van der Waals surface area (Å²) in [5, 5.41) is 4.79. The van der Waals surface area contributed by atoms with Gasteiger partial charge in [0, 0.05) is 10.6 Å². The van der Waals surface area contributed by atoms with E-state index in [0.717, 1.165) is 16.7 Å². The van der Waals surface area contributed by atoms with Crippen LogP contribution in [-0.4, -0.2) is 12.1 Å². The zero-order chi connectivity index (χ0) is 16.3. The number of nitrogens with zero attached hydrogens (tertiary/aromatic N) is 1. The number of carbonyl (C=O) groups is 1. The molecule has 22 heavy (non-hydrogen) atoms. The molecule has 114 valence electrons. The molecule has 0 atom stereocenters. The number of halogens is 2. The molecular weight excluding hydrogens is 319 g/mol. The first kappa shape index (κ1) is 16.5. The Labute approximate surface area is 139 Å². The fourth-order valence-corrected chi connectivity index (χ4v) is 2.78. The van der Waals surface area contributed by atoms with E-state index < -0.39 is 0 Å². The minimum absolute atomic E-state index is 0.294. The lowest BCUT2D eigenvalue weighted by Gasteiger charge is -2.07. The molecule has 0 aliphatic rings. The van der Waals surface area contributed by atoms with Gasteiger partial charge in [0.1, 0.15) is 0 Å². The maximum Gasteiger partial charge on any atom is 0.272 e. The van der Waals surface area contributed by atoms with E-state index in [1.165, 1.54) is 11.6 Å². The van der Waals surface area contributed by atoms with E-state index in [9.17, 15) is 4.79 Å². The Morgan fingerprint density at radius 1 is 1.09 bits per heavy atom. The summed E-state index contributed by atoms with van der Waals surface area (Å²) in [6, 6.07) is 8.85. The molecule has 0 aromatic heterocycles. The van der Waals surface area contributed by atoms with E-state index in [-0.39, 0.29) is 5.91 Å². The van der Waals surface area contributed by atoms with Crippen LogP contribution in [0.15, 0.2) is 35.4 Å². The molecule has 1 N–H and O–H groups in total. The lowest BCUT2D eigenvalue weighted by Crippen LogP contribution is -2.18. The number of hydrogen-bond acceptors (Lipinski definition) is 2. The summed E-state index contributed by atoms with van der Waals surface area (Å²) in [5.74, 6) is -0.375. The van der Waals surface area contributed by atoms with Crippen LogP contribution in [0, 0.1) is 20.8 Å². The topological polar surface area (TPSA) is 41.5 Å². The minimum atomic E-state index is -0.375. The second-order valence-electron chi connectivity index (χ2n) is 5.14. The molecule has 0 unspecified atom stereocenters. The Balaban J connectivity index is 2.14. The molecule has 0 spiro atoms. The molecule has 0 saturated heterocycles. The molecule has 0 fully saturated rings. The molecule has 2 aromatic rings. The van der Waals surface area contributed by atoms with Crippen LogP contribution >= 0.6 is 23.2 Å². The SMILES string of the molecule is Cc1cc(C)c(/C=N\NC(=O)c2ccc(Cl)cc2Cl)c(C)c1. The monoisotopic (exact) mass is 334 g/mol. The molecule has 5 heteroatoms. The molecule has 0 saturated carbocycles.